The molecule has 112 valence electrons. The molecule has 0 spiro atoms. The van der Waals surface area contributed by atoms with Gasteiger partial charge in [-0.15, -0.1) is 0 Å². The number of rotatable bonds is 4. The summed E-state index contributed by atoms with van der Waals surface area (Å²) < 4.78 is 26.4. The first-order chi connectivity index (χ1) is 9.45. The monoisotopic (exact) mass is 301 g/mol. The van der Waals surface area contributed by atoms with Crippen LogP contribution in [0.25, 0.3) is 0 Å². The van der Waals surface area contributed by atoms with Crippen molar-refractivity contribution in [3.05, 3.63) is 12.7 Å². The van der Waals surface area contributed by atoms with E-state index in [9.17, 15) is 13.2 Å². The Hall–Kier alpha value is -1.48. The second-order valence-corrected chi connectivity index (χ2v) is 6.93. The van der Waals surface area contributed by atoms with Crippen LogP contribution in [0.3, 0.4) is 0 Å². The van der Waals surface area contributed by atoms with Crippen molar-refractivity contribution in [1.82, 2.24) is 24.0 Å². The van der Waals surface area contributed by atoms with Gasteiger partial charge in [0.05, 0.1) is 5.75 Å². The number of carbonyl (C=O) groups excluding carboxylic acids is 1. The number of piperazine rings is 1. The molecule has 2 heterocycles. The molecule has 1 fully saturated rings. The Bertz CT molecular complexity index is 549. The van der Waals surface area contributed by atoms with Crippen LogP contribution in [-0.4, -0.2) is 70.2 Å². The van der Waals surface area contributed by atoms with E-state index < -0.39 is 16.1 Å². The lowest BCUT2D eigenvalue weighted by Crippen LogP contribution is -2.52. The Morgan fingerprint density at radius 2 is 1.95 bits per heavy atom. The molecule has 0 bridgehead atoms. The summed E-state index contributed by atoms with van der Waals surface area (Å²) in [5, 5.41) is 3.95. The van der Waals surface area contributed by atoms with Crippen molar-refractivity contribution >= 4 is 15.9 Å². The Morgan fingerprint density at radius 3 is 2.45 bits per heavy atom. The molecular weight excluding hydrogens is 282 g/mol. The Kier molecular flexibility index (Phi) is 4.39. The third kappa shape index (κ3) is 2.98. The van der Waals surface area contributed by atoms with E-state index in [0.29, 0.717) is 26.2 Å². The Labute approximate surface area is 118 Å². The predicted octanol–water partition coefficient (Wildman–Crippen LogP) is -0.667. The van der Waals surface area contributed by atoms with E-state index in [4.69, 9.17) is 0 Å². The molecule has 1 unspecified atom stereocenters. The minimum Gasteiger partial charge on any atom is -0.338 e. The molecule has 1 aliphatic heterocycles. The highest BCUT2D eigenvalue weighted by Crippen LogP contribution is 2.13. The maximum absolute atomic E-state index is 12.3. The molecule has 2 rings (SSSR count). The summed E-state index contributed by atoms with van der Waals surface area (Å²) >= 11 is 0. The summed E-state index contributed by atoms with van der Waals surface area (Å²) in [6, 6.07) is -0.424. The number of nitrogens with zero attached hydrogens (tertiary/aromatic N) is 5. The molecule has 20 heavy (non-hydrogen) atoms. The molecule has 1 aromatic heterocycles. The van der Waals surface area contributed by atoms with Crippen LogP contribution in [0, 0.1) is 0 Å². The number of aromatic nitrogens is 3. The Balaban J connectivity index is 1.96. The molecule has 1 aliphatic rings. The molecule has 1 amide bonds. The molecule has 0 saturated carbocycles. The molecule has 1 aromatic rings. The van der Waals surface area contributed by atoms with Gasteiger partial charge in [0.1, 0.15) is 18.7 Å². The van der Waals surface area contributed by atoms with E-state index in [0.717, 1.165) is 0 Å². The maximum Gasteiger partial charge on any atom is 0.247 e. The first-order valence-electron chi connectivity index (χ1n) is 6.56. The summed E-state index contributed by atoms with van der Waals surface area (Å²) in [6.07, 6.45) is 2.88. The van der Waals surface area contributed by atoms with Gasteiger partial charge in [-0.05, 0) is 13.8 Å². The summed E-state index contributed by atoms with van der Waals surface area (Å²) in [5.41, 5.74) is 0. The largest absolute Gasteiger partial charge is 0.338 e. The molecule has 0 aromatic carbocycles. The normalized spacial score (nSPS) is 19.0. The van der Waals surface area contributed by atoms with Gasteiger partial charge in [0.2, 0.25) is 15.9 Å². The molecule has 0 N–H and O–H groups in total. The first kappa shape index (κ1) is 14.9. The molecule has 1 saturated heterocycles. The van der Waals surface area contributed by atoms with Gasteiger partial charge in [-0.3, -0.25) is 4.79 Å². The zero-order chi connectivity index (χ0) is 14.8. The van der Waals surface area contributed by atoms with Gasteiger partial charge in [-0.2, -0.15) is 9.40 Å². The van der Waals surface area contributed by atoms with Crippen molar-refractivity contribution in [2.45, 2.75) is 19.9 Å². The van der Waals surface area contributed by atoms with Crippen molar-refractivity contribution < 1.29 is 13.2 Å². The fourth-order valence-corrected chi connectivity index (χ4v) is 3.25. The van der Waals surface area contributed by atoms with Gasteiger partial charge in [0, 0.05) is 26.2 Å². The van der Waals surface area contributed by atoms with Gasteiger partial charge in [-0.25, -0.2) is 18.1 Å². The zero-order valence-corrected chi connectivity index (χ0v) is 12.5. The van der Waals surface area contributed by atoms with Crippen molar-refractivity contribution in [3.63, 3.8) is 0 Å². The van der Waals surface area contributed by atoms with Gasteiger partial charge in [0.15, 0.2) is 0 Å². The number of hydrogen-bond acceptors (Lipinski definition) is 5. The highest BCUT2D eigenvalue weighted by Gasteiger charge is 2.30. The number of amides is 1. The highest BCUT2D eigenvalue weighted by atomic mass is 32.2. The summed E-state index contributed by atoms with van der Waals surface area (Å²) in [7, 11) is -3.17. The molecule has 0 radical (unpaired) electrons. The van der Waals surface area contributed by atoms with Crippen molar-refractivity contribution in [2.75, 3.05) is 31.9 Å². The quantitative estimate of drug-likeness (QED) is 0.736. The smallest absolute Gasteiger partial charge is 0.247 e. The molecular formula is C11H19N5O3S. The van der Waals surface area contributed by atoms with Gasteiger partial charge in [-0.1, -0.05) is 0 Å². The van der Waals surface area contributed by atoms with Gasteiger partial charge < -0.3 is 4.90 Å². The lowest BCUT2D eigenvalue weighted by Gasteiger charge is -2.35. The average molecular weight is 301 g/mol. The van der Waals surface area contributed by atoms with Crippen LogP contribution in [0.1, 0.15) is 19.9 Å². The lowest BCUT2D eigenvalue weighted by atomic mass is 10.2. The van der Waals surface area contributed by atoms with Crippen molar-refractivity contribution in [2.24, 2.45) is 0 Å². The summed E-state index contributed by atoms with van der Waals surface area (Å²) in [4.78, 5) is 17.8. The molecule has 9 heteroatoms. The van der Waals surface area contributed by atoms with Crippen LogP contribution in [0.5, 0.6) is 0 Å². The van der Waals surface area contributed by atoms with E-state index in [1.807, 2.05) is 0 Å². The van der Waals surface area contributed by atoms with E-state index in [2.05, 4.69) is 10.1 Å². The maximum atomic E-state index is 12.3. The van der Waals surface area contributed by atoms with E-state index >= 15 is 0 Å². The minimum absolute atomic E-state index is 0.0657. The first-order valence-corrected chi connectivity index (χ1v) is 8.17. The fourth-order valence-electron chi connectivity index (χ4n) is 2.16. The van der Waals surface area contributed by atoms with E-state index in [1.54, 1.807) is 18.7 Å². The van der Waals surface area contributed by atoms with Gasteiger partial charge in [0.25, 0.3) is 0 Å². The lowest BCUT2D eigenvalue weighted by molar-refractivity contribution is -0.135. The number of carbonyl (C=O) groups is 1. The second kappa shape index (κ2) is 5.88. The molecule has 1 atom stereocenters. The highest BCUT2D eigenvalue weighted by molar-refractivity contribution is 7.89. The summed E-state index contributed by atoms with van der Waals surface area (Å²) in [6.45, 7) is 4.91. The number of sulfonamides is 1. The SMILES string of the molecule is CCS(=O)(=O)N1CCN(C(=O)C(C)n2cncn2)CC1. The van der Waals surface area contributed by atoms with Crippen LogP contribution in [0.15, 0.2) is 12.7 Å². The minimum atomic E-state index is -3.17. The average Bonchev–Trinajstić information content (AvgIpc) is 3.00. The summed E-state index contributed by atoms with van der Waals surface area (Å²) in [5.74, 6) is 0.0279. The third-order valence-electron chi connectivity index (χ3n) is 3.50. The van der Waals surface area contributed by atoms with Crippen LogP contribution >= 0.6 is 0 Å². The molecule has 8 nitrogen and oxygen atoms in total. The van der Waals surface area contributed by atoms with Crippen molar-refractivity contribution in [3.8, 4) is 0 Å². The van der Waals surface area contributed by atoms with Crippen molar-refractivity contribution in [1.29, 1.82) is 0 Å². The van der Waals surface area contributed by atoms with Crippen LogP contribution in [0.2, 0.25) is 0 Å². The molecule has 0 aliphatic carbocycles. The van der Waals surface area contributed by atoms with Crippen LogP contribution in [-0.2, 0) is 14.8 Å². The van der Waals surface area contributed by atoms with E-state index in [1.165, 1.54) is 21.6 Å². The topological polar surface area (TPSA) is 88.4 Å². The Morgan fingerprint density at radius 1 is 1.30 bits per heavy atom. The zero-order valence-electron chi connectivity index (χ0n) is 11.6. The predicted molar refractivity (Wildman–Crippen MR) is 72.3 cm³/mol. The fraction of sp³-hybridized carbons (Fsp3) is 0.727. The number of hydrogen-bond donors (Lipinski definition) is 0. The third-order valence-corrected chi connectivity index (χ3v) is 5.38. The van der Waals surface area contributed by atoms with Crippen LogP contribution in [0.4, 0.5) is 0 Å². The van der Waals surface area contributed by atoms with E-state index in [-0.39, 0.29) is 11.7 Å². The van der Waals surface area contributed by atoms with Gasteiger partial charge >= 0.3 is 0 Å². The second-order valence-electron chi connectivity index (χ2n) is 4.68. The standard InChI is InChI=1S/C11H19N5O3S/c1-3-20(18,19)15-6-4-14(5-7-15)11(17)10(2)16-9-12-8-13-16/h8-10H,3-7H2,1-2H3. The van der Waals surface area contributed by atoms with Crippen LogP contribution < -0.4 is 0 Å².